The molecular weight excluding hydrogens is 346 g/mol. The van der Waals surface area contributed by atoms with Gasteiger partial charge in [0.05, 0.1) is 17.1 Å². The molecule has 2 aromatic heterocycles. The van der Waals surface area contributed by atoms with Gasteiger partial charge in [0.25, 0.3) is 0 Å². The number of benzene rings is 2. The maximum absolute atomic E-state index is 12.2. The molecule has 1 amide bonds. The number of carbonyl (C=O) groups is 1. The second kappa shape index (κ2) is 5.80. The van der Waals surface area contributed by atoms with Gasteiger partial charge in [0.1, 0.15) is 6.54 Å². The van der Waals surface area contributed by atoms with Crippen molar-refractivity contribution in [3.63, 3.8) is 0 Å². The summed E-state index contributed by atoms with van der Waals surface area (Å²) in [6.07, 6.45) is 0. The Bertz CT molecular complexity index is 1280. The molecule has 8 heteroatoms. The molecule has 5 rings (SSSR count). The van der Waals surface area contributed by atoms with Crippen molar-refractivity contribution >= 4 is 28.2 Å². The fourth-order valence-corrected chi connectivity index (χ4v) is 3.26. The molecule has 8 nitrogen and oxygen atoms in total. The highest BCUT2D eigenvalue weighted by molar-refractivity contribution is 6.22. The van der Waals surface area contributed by atoms with Crippen molar-refractivity contribution < 1.29 is 9.32 Å². The molecule has 27 heavy (non-hydrogen) atoms. The van der Waals surface area contributed by atoms with Crippen LogP contribution in [0.4, 0.5) is 5.69 Å². The van der Waals surface area contributed by atoms with E-state index in [1.807, 2.05) is 48.5 Å². The van der Waals surface area contributed by atoms with E-state index in [0.29, 0.717) is 22.8 Å². The lowest BCUT2D eigenvalue weighted by molar-refractivity contribution is -0.114. The lowest BCUT2D eigenvalue weighted by Gasteiger charge is -2.07. The molecule has 0 atom stereocenters. The van der Waals surface area contributed by atoms with Crippen LogP contribution in [0.15, 0.2) is 62.8 Å². The highest BCUT2D eigenvalue weighted by atomic mass is 16.5. The van der Waals surface area contributed by atoms with Crippen molar-refractivity contribution in [2.24, 2.45) is 4.99 Å². The Labute approximate surface area is 151 Å². The minimum Gasteiger partial charge on any atom is -0.351 e. The Morgan fingerprint density at radius 1 is 0.963 bits per heavy atom. The lowest BCUT2D eigenvalue weighted by atomic mass is 10.0. The molecule has 0 spiro atoms. The van der Waals surface area contributed by atoms with Crippen LogP contribution in [-0.2, 0) is 4.79 Å². The molecule has 3 heterocycles. The van der Waals surface area contributed by atoms with Crippen LogP contribution in [0.3, 0.4) is 0 Å². The van der Waals surface area contributed by atoms with Gasteiger partial charge in [0.2, 0.25) is 5.91 Å². The van der Waals surface area contributed by atoms with Gasteiger partial charge in [-0.3, -0.25) is 19.3 Å². The molecule has 3 N–H and O–H groups in total. The molecule has 0 unspecified atom stereocenters. The molecule has 132 valence electrons. The summed E-state index contributed by atoms with van der Waals surface area (Å²) in [5, 5.41) is 7.58. The largest absolute Gasteiger partial charge is 0.439 e. The number of fused-ring (bicyclic) bond motifs is 3. The Morgan fingerprint density at radius 3 is 2.67 bits per heavy atom. The second-order valence-electron chi connectivity index (χ2n) is 6.16. The van der Waals surface area contributed by atoms with Crippen LogP contribution < -0.4 is 11.1 Å². The standard InChI is InChI=1S/C19H13N5O3/c25-14-9-20-15(17-16(22-14)12-6-1-2-7-13(12)21-17)10-4-3-5-11(8-10)18-23-19(26)27-24-18/h1-8,21H,9H2,(H,22,25)(H,23,24,26). The normalized spacial score (nSPS) is 13.8. The van der Waals surface area contributed by atoms with Crippen LogP contribution in [0.2, 0.25) is 0 Å². The van der Waals surface area contributed by atoms with Gasteiger partial charge < -0.3 is 10.3 Å². The predicted octanol–water partition coefficient (Wildman–Crippen LogP) is 2.30. The summed E-state index contributed by atoms with van der Waals surface area (Å²) in [4.78, 5) is 33.8. The summed E-state index contributed by atoms with van der Waals surface area (Å²) < 4.78 is 4.58. The Kier molecular flexibility index (Phi) is 3.29. The van der Waals surface area contributed by atoms with Crippen molar-refractivity contribution in [3.05, 3.63) is 70.3 Å². The van der Waals surface area contributed by atoms with E-state index in [4.69, 9.17) is 0 Å². The molecule has 1 aliphatic rings. The molecule has 0 saturated carbocycles. The zero-order valence-corrected chi connectivity index (χ0v) is 13.9. The molecule has 1 aliphatic heterocycles. The van der Waals surface area contributed by atoms with E-state index in [-0.39, 0.29) is 12.5 Å². The Balaban J connectivity index is 1.69. The lowest BCUT2D eigenvalue weighted by Crippen LogP contribution is -2.13. The molecule has 0 saturated heterocycles. The number of anilines is 1. The summed E-state index contributed by atoms with van der Waals surface area (Å²) in [7, 11) is 0. The van der Waals surface area contributed by atoms with Gasteiger partial charge in [-0.25, -0.2) is 4.79 Å². The minimum atomic E-state index is -0.616. The molecule has 0 fully saturated rings. The van der Waals surface area contributed by atoms with Crippen LogP contribution in [-0.4, -0.2) is 33.3 Å². The maximum atomic E-state index is 12.2. The van der Waals surface area contributed by atoms with E-state index in [1.54, 1.807) is 0 Å². The first-order valence-electron chi connectivity index (χ1n) is 8.31. The van der Waals surface area contributed by atoms with Crippen LogP contribution in [0.5, 0.6) is 0 Å². The van der Waals surface area contributed by atoms with E-state index in [2.05, 4.69) is 30.0 Å². The third kappa shape index (κ3) is 2.54. The number of rotatable bonds is 2. The number of para-hydroxylation sites is 1. The molecule has 0 aliphatic carbocycles. The summed E-state index contributed by atoms with van der Waals surface area (Å²) in [5.41, 5.74) is 4.50. The van der Waals surface area contributed by atoms with Gasteiger partial charge in [-0.15, -0.1) is 0 Å². The van der Waals surface area contributed by atoms with Crippen molar-refractivity contribution in [1.82, 2.24) is 15.1 Å². The smallest absolute Gasteiger partial charge is 0.351 e. The first-order chi connectivity index (χ1) is 13.2. The monoisotopic (exact) mass is 359 g/mol. The van der Waals surface area contributed by atoms with Crippen LogP contribution in [0.25, 0.3) is 22.3 Å². The molecule has 0 bridgehead atoms. The highest BCUT2D eigenvalue weighted by Gasteiger charge is 2.22. The van der Waals surface area contributed by atoms with Crippen molar-refractivity contribution in [2.45, 2.75) is 0 Å². The number of nitrogens with one attached hydrogen (secondary N) is 3. The van der Waals surface area contributed by atoms with Gasteiger partial charge in [-0.05, 0) is 12.1 Å². The molecular formula is C19H13N5O3. The number of H-pyrrole nitrogens is 2. The fraction of sp³-hybridized carbons (Fsp3) is 0.0526. The van der Waals surface area contributed by atoms with E-state index in [9.17, 15) is 9.59 Å². The van der Waals surface area contributed by atoms with E-state index in [0.717, 1.165) is 22.2 Å². The number of aliphatic imine (C=N–C) groups is 1. The molecule has 0 radical (unpaired) electrons. The van der Waals surface area contributed by atoms with Crippen LogP contribution in [0.1, 0.15) is 11.3 Å². The van der Waals surface area contributed by atoms with E-state index < -0.39 is 5.76 Å². The van der Waals surface area contributed by atoms with Crippen molar-refractivity contribution in [3.8, 4) is 11.4 Å². The number of aromatic amines is 2. The third-order valence-corrected chi connectivity index (χ3v) is 4.44. The summed E-state index contributed by atoms with van der Waals surface area (Å²) in [6, 6.07) is 15.1. The first-order valence-corrected chi connectivity index (χ1v) is 8.31. The fourth-order valence-electron chi connectivity index (χ4n) is 3.26. The van der Waals surface area contributed by atoms with Gasteiger partial charge >= 0.3 is 5.76 Å². The van der Waals surface area contributed by atoms with E-state index in [1.165, 1.54) is 0 Å². The minimum absolute atomic E-state index is 0.0250. The van der Waals surface area contributed by atoms with Gasteiger partial charge in [-0.2, -0.15) is 0 Å². The Morgan fingerprint density at radius 2 is 1.81 bits per heavy atom. The van der Waals surface area contributed by atoms with Gasteiger partial charge in [-0.1, -0.05) is 41.6 Å². The number of aromatic nitrogens is 3. The number of hydrogen-bond donors (Lipinski definition) is 3. The highest BCUT2D eigenvalue weighted by Crippen LogP contribution is 2.31. The SMILES string of the molecule is O=C1CN=C(c2cccc(-c3noc(=O)[nH]3)c2)c2[nH]c3ccccc3c2N1. The zero-order valence-electron chi connectivity index (χ0n) is 13.9. The zero-order chi connectivity index (χ0) is 18.4. The summed E-state index contributed by atoms with van der Waals surface area (Å²) in [5.74, 6) is -0.454. The number of carbonyl (C=O) groups excluding carboxylic acids is 1. The van der Waals surface area contributed by atoms with Crippen molar-refractivity contribution in [2.75, 3.05) is 11.9 Å². The van der Waals surface area contributed by atoms with Crippen LogP contribution in [0, 0.1) is 0 Å². The summed E-state index contributed by atoms with van der Waals surface area (Å²) in [6.45, 7) is 0.0250. The number of hydrogen-bond acceptors (Lipinski definition) is 5. The first kappa shape index (κ1) is 15.3. The van der Waals surface area contributed by atoms with Crippen molar-refractivity contribution in [1.29, 1.82) is 0 Å². The quantitative estimate of drug-likeness (QED) is 0.509. The predicted molar refractivity (Wildman–Crippen MR) is 100.0 cm³/mol. The molecule has 2 aromatic carbocycles. The maximum Gasteiger partial charge on any atom is 0.439 e. The number of amides is 1. The third-order valence-electron chi connectivity index (χ3n) is 4.44. The second-order valence-corrected chi connectivity index (χ2v) is 6.16. The van der Waals surface area contributed by atoms with E-state index >= 15 is 0 Å². The average Bonchev–Trinajstić information content (AvgIpc) is 3.22. The topological polar surface area (TPSA) is 116 Å². The van der Waals surface area contributed by atoms with Crippen LogP contribution >= 0.6 is 0 Å². The van der Waals surface area contributed by atoms with Gasteiger partial charge in [0, 0.05) is 22.0 Å². The average molecular weight is 359 g/mol. The number of nitrogens with zero attached hydrogens (tertiary/aromatic N) is 2. The summed E-state index contributed by atoms with van der Waals surface area (Å²) >= 11 is 0. The van der Waals surface area contributed by atoms with Gasteiger partial charge in [0.15, 0.2) is 5.82 Å². The Hall–Kier alpha value is -3.94. The molecule has 4 aromatic rings.